The van der Waals surface area contributed by atoms with E-state index in [0.29, 0.717) is 12.0 Å². The van der Waals surface area contributed by atoms with Gasteiger partial charge >= 0.3 is 0 Å². The minimum absolute atomic E-state index is 0.113. The van der Waals surface area contributed by atoms with Crippen LogP contribution in [0.3, 0.4) is 0 Å². The number of fused-ring (bicyclic) bond motifs is 1. The van der Waals surface area contributed by atoms with Crippen molar-refractivity contribution in [3.8, 4) is 6.07 Å². The lowest BCUT2D eigenvalue weighted by atomic mass is 9.87. The maximum atomic E-state index is 12.4. The zero-order chi connectivity index (χ0) is 15.5. The lowest BCUT2D eigenvalue weighted by Gasteiger charge is -2.21. The third-order valence-electron chi connectivity index (χ3n) is 4.24. The number of ketones is 1. The van der Waals surface area contributed by atoms with Crippen LogP contribution in [0.25, 0.3) is 0 Å². The van der Waals surface area contributed by atoms with Crippen LogP contribution in [0.4, 0.5) is 0 Å². The van der Waals surface area contributed by atoms with Crippen LogP contribution >= 0.6 is 0 Å². The number of Topliss-reactive ketones (excluding diaryl/α,β-unsaturated/α-hetero) is 1. The molecule has 0 aromatic heterocycles. The Morgan fingerprint density at radius 1 is 1.18 bits per heavy atom. The first kappa shape index (κ1) is 14.5. The van der Waals surface area contributed by atoms with Crippen molar-refractivity contribution in [2.75, 3.05) is 0 Å². The van der Waals surface area contributed by atoms with Crippen molar-refractivity contribution in [2.45, 2.75) is 31.7 Å². The molecule has 1 unspecified atom stereocenters. The highest BCUT2D eigenvalue weighted by Crippen LogP contribution is 2.22. The summed E-state index contributed by atoms with van der Waals surface area (Å²) in [6, 6.07) is 15.5. The molecule has 0 aliphatic heterocycles. The quantitative estimate of drug-likeness (QED) is 0.884. The molecule has 0 spiro atoms. The third-order valence-corrected chi connectivity index (χ3v) is 4.24. The van der Waals surface area contributed by atoms with Crippen LogP contribution in [0.15, 0.2) is 42.5 Å². The molecular formula is C19H18N2O. The number of nitriles is 1. The van der Waals surface area contributed by atoms with E-state index in [-0.39, 0.29) is 11.8 Å². The van der Waals surface area contributed by atoms with Gasteiger partial charge in [0.05, 0.1) is 11.6 Å². The Balaban J connectivity index is 1.76. The van der Waals surface area contributed by atoms with E-state index in [1.165, 1.54) is 11.1 Å². The van der Waals surface area contributed by atoms with E-state index >= 15 is 0 Å². The van der Waals surface area contributed by atoms with Crippen molar-refractivity contribution in [3.63, 3.8) is 0 Å². The number of nitrogens with two attached hydrogens (primary N) is 1. The second kappa shape index (κ2) is 6.13. The zero-order valence-electron chi connectivity index (χ0n) is 12.4. The molecule has 1 aliphatic rings. The number of rotatable bonds is 3. The van der Waals surface area contributed by atoms with E-state index in [9.17, 15) is 4.79 Å². The first-order chi connectivity index (χ1) is 10.7. The second-order valence-corrected chi connectivity index (χ2v) is 5.90. The minimum Gasteiger partial charge on any atom is -0.327 e. The number of carbonyl (C=O) groups is 1. The van der Waals surface area contributed by atoms with E-state index < -0.39 is 0 Å². The molecule has 0 radical (unpaired) electrons. The maximum Gasteiger partial charge on any atom is 0.167 e. The molecule has 3 rings (SSSR count). The van der Waals surface area contributed by atoms with Gasteiger partial charge < -0.3 is 5.73 Å². The minimum atomic E-state index is 0.113. The molecule has 0 saturated heterocycles. The van der Waals surface area contributed by atoms with Crippen LogP contribution in [-0.2, 0) is 19.3 Å². The van der Waals surface area contributed by atoms with Gasteiger partial charge in [-0.05, 0) is 54.2 Å². The monoisotopic (exact) mass is 290 g/mol. The lowest BCUT2D eigenvalue weighted by Crippen LogP contribution is -2.28. The Labute approximate surface area is 130 Å². The molecule has 3 heteroatoms. The second-order valence-electron chi connectivity index (χ2n) is 5.90. The molecule has 110 valence electrons. The number of hydrogen-bond acceptors (Lipinski definition) is 3. The van der Waals surface area contributed by atoms with Gasteiger partial charge in [-0.1, -0.05) is 24.3 Å². The lowest BCUT2D eigenvalue weighted by molar-refractivity contribution is 0.0993. The number of carbonyl (C=O) groups excluding carboxylic acids is 1. The molecule has 3 nitrogen and oxygen atoms in total. The molecule has 0 saturated carbocycles. The van der Waals surface area contributed by atoms with Gasteiger partial charge in [0.25, 0.3) is 0 Å². The van der Waals surface area contributed by atoms with Gasteiger partial charge in [0.15, 0.2) is 5.78 Å². The summed E-state index contributed by atoms with van der Waals surface area (Å²) < 4.78 is 0. The summed E-state index contributed by atoms with van der Waals surface area (Å²) in [6.07, 6.45) is 3.21. The van der Waals surface area contributed by atoms with Crippen LogP contribution in [0.5, 0.6) is 0 Å². The summed E-state index contributed by atoms with van der Waals surface area (Å²) >= 11 is 0. The highest BCUT2D eigenvalue weighted by Gasteiger charge is 2.17. The summed E-state index contributed by atoms with van der Waals surface area (Å²) in [5.74, 6) is 0.113. The fourth-order valence-corrected chi connectivity index (χ4v) is 2.94. The van der Waals surface area contributed by atoms with Crippen molar-refractivity contribution in [1.29, 1.82) is 5.26 Å². The van der Waals surface area contributed by atoms with E-state index in [1.54, 1.807) is 12.1 Å². The molecule has 0 heterocycles. The third kappa shape index (κ3) is 3.08. The Bertz CT molecular complexity index is 741. The van der Waals surface area contributed by atoms with Crippen molar-refractivity contribution >= 4 is 5.78 Å². The smallest absolute Gasteiger partial charge is 0.167 e. The Kier molecular flexibility index (Phi) is 4.04. The number of aryl methyl sites for hydroxylation is 1. The van der Waals surface area contributed by atoms with Crippen LogP contribution in [0.2, 0.25) is 0 Å². The maximum absolute atomic E-state index is 12.4. The fourth-order valence-electron chi connectivity index (χ4n) is 2.94. The fraction of sp³-hybridized carbons (Fsp3) is 0.263. The van der Waals surface area contributed by atoms with E-state index in [4.69, 9.17) is 11.0 Å². The normalized spacial score (nSPS) is 16.6. The average Bonchev–Trinajstić information content (AvgIpc) is 2.55. The number of hydrogen-bond donors (Lipinski definition) is 1. The predicted molar refractivity (Wildman–Crippen MR) is 85.6 cm³/mol. The van der Waals surface area contributed by atoms with Crippen LogP contribution in [-0.4, -0.2) is 11.8 Å². The first-order valence-corrected chi connectivity index (χ1v) is 7.55. The van der Waals surface area contributed by atoms with Crippen LogP contribution < -0.4 is 5.73 Å². The summed E-state index contributed by atoms with van der Waals surface area (Å²) in [4.78, 5) is 12.4. The molecule has 1 aliphatic carbocycles. The first-order valence-electron chi connectivity index (χ1n) is 7.55. The largest absolute Gasteiger partial charge is 0.327 e. The Morgan fingerprint density at radius 3 is 2.68 bits per heavy atom. The number of nitrogens with zero attached hydrogens (tertiary/aromatic N) is 1. The topological polar surface area (TPSA) is 66.9 Å². The molecule has 2 aromatic carbocycles. The van der Waals surface area contributed by atoms with Gasteiger partial charge in [0.2, 0.25) is 0 Å². The van der Waals surface area contributed by atoms with Crippen LogP contribution in [0, 0.1) is 11.3 Å². The van der Waals surface area contributed by atoms with Gasteiger partial charge in [-0.25, -0.2) is 0 Å². The molecule has 1 atom stereocenters. The molecule has 2 N–H and O–H groups in total. The average molecular weight is 290 g/mol. The highest BCUT2D eigenvalue weighted by molar-refractivity contribution is 5.97. The van der Waals surface area contributed by atoms with Crippen molar-refractivity contribution in [3.05, 3.63) is 70.3 Å². The summed E-state index contributed by atoms with van der Waals surface area (Å²) in [5.41, 5.74) is 10.8. The zero-order valence-corrected chi connectivity index (χ0v) is 12.4. The van der Waals surface area contributed by atoms with Crippen molar-refractivity contribution in [2.24, 2.45) is 5.73 Å². The van der Waals surface area contributed by atoms with E-state index in [2.05, 4.69) is 6.07 Å². The Hall–Kier alpha value is -2.44. The molecular weight excluding hydrogens is 272 g/mol. The Morgan fingerprint density at radius 2 is 1.95 bits per heavy atom. The van der Waals surface area contributed by atoms with Gasteiger partial charge in [0.1, 0.15) is 0 Å². The highest BCUT2D eigenvalue weighted by atomic mass is 16.1. The van der Waals surface area contributed by atoms with Crippen molar-refractivity contribution < 1.29 is 4.79 Å². The van der Waals surface area contributed by atoms with E-state index in [0.717, 1.165) is 30.4 Å². The molecule has 22 heavy (non-hydrogen) atoms. The van der Waals surface area contributed by atoms with Gasteiger partial charge in [-0.2, -0.15) is 5.26 Å². The van der Waals surface area contributed by atoms with Gasteiger partial charge in [-0.3, -0.25) is 4.79 Å². The standard InChI is InChI=1S/C19H18N2O/c20-12-14-3-1-13(2-4-14)9-19(22)17-6-5-16-11-18(21)8-7-15(16)10-17/h1-6,10,18H,7-9,11,21H2. The molecule has 2 aromatic rings. The molecule has 0 bridgehead atoms. The van der Waals surface area contributed by atoms with Gasteiger partial charge in [-0.15, -0.1) is 0 Å². The van der Waals surface area contributed by atoms with Gasteiger partial charge in [0, 0.05) is 18.0 Å². The summed E-state index contributed by atoms with van der Waals surface area (Å²) in [7, 11) is 0. The molecule has 0 amide bonds. The van der Waals surface area contributed by atoms with E-state index in [1.807, 2.05) is 30.3 Å². The summed E-state index contributed by atoms with van der Waals surface area (Å²) in [6.45, 7) is 0. The SMILES string of the molecule is N#Cc1ccc(CC(=O)c2ccc3c(c2)CCC(N)C3)cc1. The van der Waals surface area contributed by atoms with Crippen molar-refractivity contribution in [1.82, 2.24) is 0 Å². The number of benzene rings is 2. The van der Waals surface area contributed by atoms with Crippen LogP contribution in [0.1, 0.15) is 39.0 Å². The summed E-state index contributed by atoms with van der Waals surface area (Å²) in [5, 5.41) is 8.79. The predicted octanol–water partition coefficient (Wildman–Crippen LogP) is 2.80. The molecule has 0 fully saturated rings.